The first kappa shape index (κ1) is 17.4. The van der Waals surface area contributed by atoms with Crippen LogP contribution >= 0.6 is 0 Å². The van der Waals surface area contributed by atoms with Crippen LogP contribution in [0, 0.1) is 0 Å². The van der Waals surface area contributed by atoms with Crippen LogP contribution in [-0.4, -0.2) is 35.3 Å². The van der Waals surface area contributed by atoms with Gasteiger partial charge in [0.05, 0.1) is 0 Å². The van der Waals surface area contributed by atoms with Gasteiger partial charge in [0.15, 0.2) is 6.10 Å². The third-order valence-corrected chi connectivity index (χ3v) is 3.96. The van der Waals surface area contributed by atoms with Gasteiger partial charge in [0, 0.05) is 28.2 Å². The maximum absolute atomic E-state index is 12.5. The number of H-pyrrole nitrogens is 1. The topological polar surface area (TPSA) is 88.3 Å². The lowest BCUT2D eigenvalue weighted by Crippen LogP contribution is -2.34. The number of fused-ring (bicyclic) bond motifs is 1. The summed E-state index contributed by atoms with van der Waals surface area (Å²) in [6.07, 6.45) is 0.657. The molecule has 0 saturated carbocycles. The quantitative estimate of drug-likeness (QED) is 0.528. The summed E-state index contributed by atoms with van der Waals surface area (Å²) < 4.78 is 5.15. The number of hydrogen-bond acceptors (Lipinski definition) is 4. The Morgan fingerprint density at radius 3 is 2.50 bits per heavy atom. The van der Waals surface area contributed by atoms with Gasteiger partial charge in [-0.1, -0.05) is 36.4 Å². The highest BCUT2D eigenvalue weighted by Crippen LogP contribution is 2.19. The molecule has 2 N–H and O–H groups in total. The molecule has 0 radical (unpaired) electrons. The van der Waals surface area contributed by atoms with Crippen LogP contribution in [0.1, 0.15) is 27.6 Å². The van der Waals surface area contributed by atoms with Crippen molar-refractivity contribution in [1.29, 1.82) is 0 Å². The van der Waals surface area contributed by atoms with Crippen LogP contribution in [-0.2, 0) is 9.53 Å². The number of rotatable bonds is 6. The number of esters is 1. The van der Waals surface area contributed by atoms with Crippen molar-refractivity contribution in [2.24, 2.45) is 0 Å². The molecule has 0 aliphatic rings. The summed E-state index contributed by atoms with van der Waals surface area (Å²) in [6, 6.07) is 15.9. The average Bonchev–Trinajstić information content (AvgIpc) is 3.10. The van der Waals surface area contributed by atoms with Gasteiger partial charge in [-0.25, -0.2) is 0 Å². The second kappa shape index (κ2) is 7.65. The van der Waals surface area contributed by atoms with Gasteiger partial charge in [0.25, 0.3) is 5.91 Å². The predicted octanol–water partition coefficient (Wildman–Crippen LogP) is 2.71. The first-order valence-electron chi connectivity index (χ1n) is 8.19. The molecule has 1 amide bonds. The Morgan fingerprint density at radius 2 is 1.73 bits per heavy atom. The summed E-state index contributed by atoms with van der Waals surface area (Å²) in [5.41, 5.74) is 1.75. The van der Waals surface area contributed by atoms with Crippen molar-refractivity contribution in [3.8, 4) is 0 Å². The maximum atomic E-state index is 12.5. The number of amides is 1. The van der Waals surface area contributed by atoms with Gasteiger partial charge in [-0.2, -0.15) is 0 Å². The number of para-hydroxylation sites is 1. The molecule has 1 aromatic heterocycles. The molecule has 6 nitrogen and oxygen atoms in total. The van der Waals surface area contributed by atoms with Crippen molar-refractivity contribution in [3.63, 3.8) is 0 Å². The van der Waals surface area contributed by atoms with Crippen LogP contribution in [0.5, 0.6) is 0 Å². The molecule has 26 heavy (non-hydrogen) atoms. The number of aromatic nitrogens is 1. The van der Waals surface area contributed by atoms with Gasteiger partial charge in [-0.15, -0.1) is 0 Å². The van der Waals surface area contributed by atoms with E-state index in [2.05, 4.69) is 10.3 Å². The van der Waals surface area contributed by atoms with Gasteiger partial charge in [0.2, 0.25) is 5.78 Å². The van der Waals surface area contributed by atoms with Crippen LogP contribution in [0.3, 0.4) is 0 Å². The van der Waals surface area contributed by atoms with Crippen molar-refractivity contribution in [3.05, 3.63) is 71.9 Å². The van der Waals surface area contributed by atoms with E-state index >= 15 is 0 Å². The Hall–Kier alpha value is -3.41. The van der Waals surface area contributed by atoms with Gasteiger partial charge in [-0.05, 0) is 25.1 Å². The van der Waals surface area contributed by atoms with Gasteiger partial charge < -0.3 is 15.0 Å². The molecule has 0 saturated heterocycles. The Labute approximate surface area is 150 Å². The van der Waals surface area contributed by atoms with Crippen molar-refractivity contribution in [2.75, 3.05) is 6.54 Å². The molecule has 1 heterocycles. The molecular formula is C20H18N2O4. The zero-order valence-electron chi connectivity index (χ0n) is 14.2. The Morgan fingerprint density at radius 1 is 1.04 bits per heavy atom. The first-order chi connectivity index (χ1) is 12.6. The summed E-state index contributed by atoms with van der Waals surface area (Å²) in [6.45, 7) is 1.21. The SMILES string of the molecule is C[C@H](OC(=O)CNC(=O)c1ccccc1)C(=O)c1c[nH]c2ccccc12. The number of hydrogen-bond donors (Lipinski definition) is 2. The molecule has 0 aliphatic carbocycles. The van der Waals surface area contributed by atoms with E-state index in [0.717, 1.165) is 10.9 Å². The lowest BCUT2D eigenvalue weighted by atomic mass is 10.1. The smallest absolute Gasteiger partial charge is 0.326 e. The molecule has 3 rings (SSSR count). The fourth-order valence-electron chi connectivity index (χ4n) is 2.63. The van der Waals surface area contributed by atoms with Crippen molar-refractivity contribution in [2.45, 2.75) is 13.0 Å². The molecule has 132 valence electrons. The normalized spacial score (nSPS) is 11.7. The monoisotopic (exact) mass is 350 g/mol. The summed E-state index contributed by atoms with van der Waals surface area (Å²) >= 11 is 0. The highest BCUT2D eigenvalue weighted by molar-refractivity contribution is 6.10. The number of Topliss-reactive ketones (excluding diaryl/α,β-unsaturated/α-hetero) is 1. The minimum Gasteiger partial charge on any atom is -0.453 e. The molecule has 3 aromatic rings. The van der Waals surface area contributed by atoms with Crippen LogP contribution in [0.15, 0.2) is 60.8 Å². The molecule has 1 atom stereocenters. The Bertz CT molecular complexity index is 947. The fraction of sp³-hybridized carbons (Fsp3) is 0.150. The standard InChI is InChI=1S/C20H18N2O4/c1-13(19(24)16-11-21-17-10-6-5-9-15(16)17)26-18(23)12-22-20(25)14-7-3-2-4-8-14/h2-11,13,21H,12H2,1H3,(H,22,25)/t13-/m0/s1. The molecule has 2 aromatic carbocycles. The second-order valence-electron chi connectivity index (χ2n) is 5.79. The van der Waals surface area contributed by atoms with Crippen LogP contribution < -0.4 is 5.32 Å². The summed E-state index contributed by atoms with van der Waals surface area (Å²) in [5, 5.41) is 3.25. The van der Waals surface area contributed by atoms with E-state index in [1.165, 1.54) is 6.92 Å². The summed E-state index contributed by atoms with van der Waals surface area (Å²) in [4.78, 5) is 39.4. The van der Waals surface area contributed by atoms with E-state index in [9.17, 15) is 14.4 Å². The van der Waals surface area contributed by atoms with E-state index in [1.54, 1.807) is 36.5 Å². The zero-order valence-corrected chi connectivity index (χ0v) is 14.2. The summed E-state index contributed by atoms with van der Waals surface area (Å²) in [7, 11) is 0. The van der Waals surface area contributed by atoms with E-state index in [0.29, 0.717) is 11.1 Å². The zero-order chi connectivity index (χ0) is 18.5. The number of nitrogens with one attached hydrogen (secondary N) is 2. The highest BCUT2D eigenvalue weighted by atomic mass is 16.5. The third kappa shape index (κ3) is 3.80. The van der Waals surface area contributed by atoms with Gasteiger partial charge >= 0.3 is 5.97 Å². The minimum atomic E-state index is -0.949. The minimum absolute atomic E-state index is 0.301. The maximum Gasteiger partial charge on any atom is 0.326 e. The lowest BCUT2D eigenvalue weighted by Gasteiger charge is -2.12. The molecule has 0 fully saturated rings. The second-order valence-corrected chi connectivity index (χ2v) is 5.79. The number of carbonyl (C=O) groups is 3. The van der Waals surface area contributed by atoms with E-state index < -0.39 is 12.1 Å². The number of carbonyl (C=O) groups excluding carboxylic acids is 3. The van der Waals surface area contributed by atoms with Crippen molar-refractivity contribution >= 4 is 28.6 Å². The number of benzene rings is 2. The lowest BCUT2D eigenvalue weighted by molar-refractivity contribution is -0.145. The van der Waals surface area contributed by atoms with Crippen molar-refractivity contribution in [1.82, 2.24) is 10.3 Å². The number of aromatic amines is 1. The van der Waals surface area contributed by atoms with Crippen LogP contribution in [0.25, 0.3) is 10.9 Å². The predicted molar refractivity (Wildman–Crippen MR) is 97.0 cm³/mol. The molecule has 0 aliphatic heterocycles. The Balaban J connectivity index is 1.57. The van der Waals surface area contributed by atoms with E-state index in [4.69, 9.17) is 4.74 Å². The molecule has 0 bridgehead atoms. The van der Waals surface area contributed by atoms with Crippen LogP contribution in [0.2, 0.25) is 0 Å². The first-order valence-corrected chi connectivity index (χ1v) is 8.19. The summed E-state index contributed by atoms with van der Waals surface area (Å²) in [5.74, 6) is -1.35. The molecule has 0 spiro atoms. The van der Waals surface area contributed by atoms with E-state index in [1.807, 2.05) is 24.3 Å². The van der Waals surface area contributed by atoms with Gasteiger partial charge in [-0.3, -0.25) is 14.4 Å². The largest absolute Gasteiger partial charge is 0.453 e. The molecular weight excluding hydrogens is 332 g/mol. The molecule has 6 heteroatoms. The highest BCUT2D eigenvalue weighted by Gasteiger charge is 2.22. The van der Waals surface area contributed by atoms with E-state index in [-0.39, 0.29) is 18.2 Å². The average molecular weight is 350 g/mol. The number of ketones is 1. The van der Waals surface area contributed by atoms with Gasteiger partial charge in [0.1, 0.15) is 6.54 Å². The molecule has 0 unspecified atom stereocenters. The Kier molecular flexibility index (Phi) is 5.12. The van der Waals surface area contributed by atoms with Crippen LogP contribution in [0.4, 0.5) is 0 Å². The fourth-order valence-corrected chi connectivity index (χ4v) is 2.63. The third-order valence-electron chi connectivity index (χ3n) is 3.96. The van der Waals surface area contributed by atoms with Crippen molar-refractivity contribution < 1.29 is 19.1 Å². The number of ether oxygens (including phenoxy) is 1.